The minimum absolute atomic E-state index is 0.111. The van der Waals surface area contributed by atoms with Crippen molar-refractivity contribution in [2.45, 2.75) is 25.6 Å². The molecule has 0 radical (unpaired) electrons. The molecule has 1 rings (SSSR count). The highest BCUT2D eigenvalue weighted by Crippen LogP contribution is 2.29. The van der Waals surface area contributed by atoms with Gasteiger partial charge in [0.25, 0.3) is 0 Å². The average Bonchev–Trinajstić information content (AvgIpc) is 1.81. The molecule has 0 saturated heterocycles. The summed E-state index contributed by atoms with van der Waals surface area (Å²) in [7, 11) is 1.69. The standard InChI is InChI=1S/C6H12O2/c1-4-5(7)3-6(4)8-2/h4-7H,3H2,1-2H3. The molecule has 3 unspecified atom stereocenters. The molecule has 2 nitrogen and oxygen atoms in total. The lowest BCUT2D eigenvalue weighted by Crippen LogP contribution is -2.44. The van der Waals surface area contributed by atoms with Gasteiger partial charge in [-0.2, -0.15) is 0 Å². The molecule has 48 valence electrons. The van der Waals surface area contributed by atoms with Gasteiger partial charge in [-0.05, 0) is 0 Å². The lowest BCUT2D eigenvalue weighted by Gasteiger charge is -2.37. The molecule has 3 atom stereocenters. The second-order valence-corrected chi connectivity index (χ2v) is 2.44. The molecule has 0 spiro atoms. The first-order chi connectivity index (χ1) is 3.75. The van der Waals surface area contributed by atoms with Crippen molar-refractivity contribution in [3.05, 3.63) is 0 Å². The van der Waals surface area contributed by atoms with Crippen LogP contribution in [0.5, 0.6) is 0 Å². The van der Waals surface area contributed by atoms with Gasteiger partial charge >= 0.3 is 0 Å². The number of hydrogen-bond acceptors (Lipinski definition) is 2. The van der Waals surface area contributed by atoms with Crippen LogP contribution in [0.2, 0.25) is 0 Å². The summed E-state index contributed by atoms with van der Waals surface area (Å²) in [5.74, 6) is 0.347. The molecule has 8 heavy (non-hydrogen) atoms. The molecule has 1 N–H and O–H groups in total. The van der Waals surface area contributed by atoms with Gasteiger partial charge in [0.15, 0.2) is 0 Å². The van der Waals surface area contributed by atoms with Crippen LogP contribution in [0.3, 0.4) is 0 Å². The van der Waals surface area contributed by atoms with Gasteiger partial charge in [0, 0.05) is 19.4 Å². The van der Waals surface area contributed by atoms with Gasteiger partial charge < -0.3 is 9.84 Å². The van der Waals surface area contributed by atoms with Crippen LogP contribution in [-0.4, -0.2) is 24.4 Å². The molecule has 0 aromatic heterocycles. The third-order valence-corrected chi connectivity index (χ3v) is 1.97. The smallest absolute Gasteiger partial charge is 0.0646 e. The molecule has 0 bridgehead atoms. The van der Waals surface area contributed by atoms with Crippen molar-refractivity contribution in [3.8, 4) is 0 Å². The molecule has 0 aromatic carbocycles. The van der Waals surface area contributed by atoms with Gasteiger partial charge in [-0.3, -0.25) is 0 Å². The van der Waals surface area contributed by atoms with Crippen molar-refractivity contribution in [1.29, 1.82) is 0 Å². The van der Waals surface area contributed by atoms with Crippen molar-refractivity contribution >= 4 is 0 Å². The number of hydrogen-bond donors (Lipinski definition) is 1. The predicted octanol–water partition coefficient (Wildman–Crippen LogP) is 0.402. The highest BCUT2D eigenvalue weighted by Gasteiger charge is 2.35. The van der Waals surface area contributed by atoms with E-state index in [1.54, 1.807) is 7.11 Å². The Morgan fingerprint density at radius 3 is 2.38 bits per heavy atom. The Labute approximate surface area is 49.5 Å². The molecular formula is C6H12O2. The fraction of sp³-hybridized carbons (Fsp3) is 1.00. The van der Waals surface area contributed by atoms with E-state index in [9.17, 15) is 0 Å². The summed E-state index contributed by atoms with van der Waals surface area (Å²) in [6.45, 7) is 2.00. The van der Waals surface area contributed by atoms with Crippen LogP contribution in [0, 0.1) is 5.92 Å². The van der Waals surface area contributed by atoms with Crippen molar-refractivity contribution in [3.63, 3.8) is 0 Å². The molecule has 2 heteroatoms. The second-order valence-electron chi connectivity index (χ2n) is 2.44. The summed E-state index contributed by atoms with van der Waals surface area (Å²) < 4.78 is 5.01. The first-order valence-electron chi connectivity index (χ1n) is 2.96. The van der Waals surface area contributed by atoms with E-state index in [1.807, 2.05) is 6.92 Å². The van der Waals surface area contributed by atoms with Crippen LogP contribution >= 0.6 is 0 Å². The SMILES string of the molecule is COC1CC(O)C1C. The summed E-state index contributed by atoms with van der Waals surface area (Å²) in [4.78, 5) is 0. The maximum Gasteiger partial charge on any atom is 0.0646 e. The molecule has 0 heterocycles. The summed E-state index contributed by atoms with van der Waals surface area (Å²) in [5, 5.41) is 8.94. The highest BCUT2D eigenvalue weighted by atomic mass is 16.5. The van der Waals surface area contributed by atoms with E-state index in [2.05, 4.69) is 0 Å². The Morgan fingerprint density at radius 2 is 2.25 bits per heavy atom. The Morgan fingerprint density at radius 1 is 1.62 bits per heavy atom. The second kappa shape index (κ2) is 2.03. The minimum Gasteiger partial charge on any atom is -0.393 e. The van der Waals surface area contributed by atoms with Crippen LogP contribution in [0.15, 0.2) is 0 Å². The lowest BCUT2D eigenvalue weighted by molar-refractivity contribution is -0.102. The van der Waals surface area contributed by atoms with Crippen LogP contribution in [-0.2, 0) is 4.74 Å². The highest BCUT2D eigenvalue weighted by molar-refractivity contribution is 4.86. The van der Waals surface area contributed by atoms with E-state index in [4.69, 9.17) is 9.84 Å². The van der Waals surface area contributed by atoms with Gasteiger partial charge in [0.1, 0.15) is 0 Å². The van der Waals surface area contributed by atoms with Crippen LogP contribution < -0.4 is 0 Å². The van der Waals surface area contributed by atoms with Gasteiger partial charge in [-0.1, -0.05) is 6.92 Å². The van der Waals surface area contributed by atoms with Crippen LogP contribution in [0.25, 0.3) is 0 Å². The van der Waals surface area contributed by atoms with E-state index in [0.29, 0.717) is 12.0 Å². The molecule has 1 aliphatic rings. The summed E-state index contributed by atoms with van der Waals surface area (Å²) in [6, 6.07) is 0. The molecule has 1 fully saturated rings. The lowest BCUT2D eigenvalue weighted by atomic mass is 9.80. The van der Waals surface area contributed by atoms with Gasteiger partial charge in [0.05, 0.1) is 12.2 Å². The molecule has 0 aromatic rings. The van der Waals surface area contributed by atoms with E-state index in [-0.39, 0.29) is 6.10 Å². The van der Waals surface area contributed by atoms with E-state index in [0.717, 1.165) is 6.42 Å². The monoisotopic (exact) mass is 116 g/mol. The first-order valence-corrected chi connectivity index (χ1v) is 2.96. The maximum atomic E-state index is 8.94. The van der Waals surface area contributed by atoms with Crippen molar-refractivity contribution in [2.75, 3.05) is 7.11 Å². The largest absolute Gasteiger partial charge is 0.393 e. The maximum absolute atomic E-state index is 8.94. The topological polar surface area (TPSA) is 29.5 Å². The Balaban J connectivity index is 2.25. The zero-order valence-electron chi connectivity index (χ0n) is 5.29. The summed E-state index contributed by atoms with van der Waals surface area (Å²) in [5.41, 5.74) is 0. The quantitative estimate of drug-likeness (QED) is 0.537. The molecular weight excluding hydrogens is 104 g/mol. The number of aliphatic hydroxyl groups excluding tert-OH is 1. The third-order valence-electron chi connectivity index (χ3n) is 1.97. The molecule has 0 aliphatic heterocycles. The molecule has 1 aliphatic carbocycles. The van der Waals surface area contributed by atoms with E-state index >= 15 is 0 Å². The molecule has 0 amide bonds. The fourth-order valence-electron chi connectivity index (χ4n) is 1.03. The van der Waals surface area contributed by atoms with E-state index < -0.39 is 0 Å². The van der Waals surface area contributed by atoms with E-state index in [1.165, 1.54) is 0 Å². The molecule has 1 saturated carbocycles. The third kappa shape index (κ3) is 0.740. The Kier molecular flexibility index (Phi) is 1.54. The zero-order chi connectivity index (χ0) is 6.15. The van der Waals surface area contributed by atoms with Gasteiger partial charge in [-0.25, -0.2) is 0 Å². The Bertz CT molecular complexity index is 82.6. The number of methoxy groups -OCH3 is 1. The number of rotatable bonds is 1. The normalized spacial score (nSPS) is 46.1. The van der Waals surface area contributed by atoms with Crippen molar-refractivity contribution < 1.29 is 9.84 Å². The van der Waals surface area contributed by atoms with Crippen LogP contribution in [0.4, 0.5) is 0 Å². The van der Waals surface area contributed by atoms with Crippen LogP contribution in [0.1, 0.15) is 13.3 Å². The predicted molar refractivity (Wildman–Crippen MR) is 30.6 cm³/mol. The minimum atomic E-state index is -0.111. The van der Waals surface area contributed by atoms with Gasteiger partial charge in [0.2, 0.25) is 0 Å². The number of aliphatic hydroxyl groups is 1. The fourth-order valence-corrected chi connectivity index (χ4v) is 1.03. The van der Waals surface area contributed by atoms with Crippen molar-refractivity contribution in [1.82, 2.24) is 0 Å². The first kappa shape index (κ1) is 6.05. The Hall–Kier alpha value is -0.0800. The summed E-state index contributed by atoms with van der Waals surface area (Å²) >= 11 is 0. The average molecular weight is 116 g/mol. The number of ether oxygens (including phenoxy) is 1. The van der Waals surface area contributed by atoms with Gasteiger partial charge in [-0.15, -0.1) is 0 Å². The summed E-state index contributed by atoms with van der Waals surface area (Å²) in [6.07, 6.45) is 1.02. The van der Waals surface area contributed by atoms with Crippen molar-refractivity contribution in [2.24, 2.45) is 5.92 Å². The zero-order valence-corrected chi connectivity index (χ0v) is 5.29.